The number of rotatable bonds is 18. The maximum atomic E-state index is 13.6. The fourth-order valence-electron chi connectivity index (χ4n) is 5.38. The zero-order chi connectivity index (χ0) is 33.0. The molecule has 3 rings (SSSR count). The summed E-state index contributed by atoms with van der Waals surface area (Å²) >= 11 is 6.76. The number of nitrogens with one attached hydrogen (secondary N) is 1. The largest absolute Gasteiger partial charge is 0.462 e. The smallest absolute Gasteiger partial charge is 0.338 e. The third kappa shape index (κ3) is 9.25. The summed E-state index contributed by atoms with van der Waals surface area (Å²) in [7, 11) is 0. The standard InChI is InChI=1S/C36H47ClN2O6/c1-5-6-7-8-9-10-11-12-13-14-15-19-24-45-32(42)26-22-23-28-29(25-26)31(41)39(30(28)40)36(37,33(43)35(2,3)4)34(44)38-27-20-17-16-18-21-27/h16-18,20-23,25H,5-15,19,24H2,1-4H3,(H,38,44). The minimum absolute atomic E-state index is 0.0586. The molecule has 0 radical (unpaired) electrons. The molecule has 1 N–H and O–H groups in total. The number of halogens is 1. The lowest BCUT2D eigenvalue weighted by molar-refractivity contribution is -0.139. The van der Waals surface area contributed by atoms with Crippen molar-refractivity contribution < 1.29 is 28.7 Å². The summed E-state index contributed by atoms with van der Waals surface area (Å²) in [6, 6.07) is 12.3. The van der Waals surface area contributed by atoms with Gasteiger partial charge >= 0.3 is 5.97 Å². The molecule has 0 bridgehead atoms. The Kier molecular flexibility index (Phi) is 13.3. The van der Waals surface area contributed by atoms with Gasteiger partial charge in [-0.05, 0) is 36.8 Å². The first-order chi connectivity index (χ1) is 21.4. The van der Waals surface area contributed by atoms with Gasteiger partial charge in [-0.15, -0.1) is 0 Å². The van der Waals surface area contributed by atoms with E-state index in [2.05, 4.69) is 12.2 Å². The number of alkyl halides is 1. The summed E-state index contributed by atoms with van der Waals surface area (Å²) in [6.07, 6.45) is 14.3. The van der Waals surface area contributed by atoms with Crippen molar-refractivity contribution >= 4 is 46.8 Å². The molecule has 0 aliphatic carbocycles. The van der Waals surface area contributed by atoms with Gasteiger partial charge in [0, 0.05) is 11.1 Å². The number of amides is 3. The van der Waals surface area contributed by atoms with Gasteiger partial charge in [0.2, 0.25) is 0 Å². The SMILES string of the molecule is CCCCCCCCCCCCCCOC(=O)c1ccc2c(c1)C(=O)N(C(Cl)(C(=O)Nc1ccccc1)C(=O)C(C)(C)C)C2=O. The number of anilines is 1. The van der Waals surface area contributed by atoms with Crippen molar-refractivity contribution in [1.29, 1.82) is 0 Å². The Morgan fingerprint density at radius 1 is 0.756 bits per heavy atom. The van der Waals surface area contributed by atoms with Gasteiger partial charge in [0.15, 0.2) is 5.78 Å². The molecule has 2 aromatic carbocycles. The number of hydrogen-bond donors (Lipinski definition) is 1. The second-order valence-corrected chi connectivity index (χ2v) is 13.3. The number of ketones is 1. The molecule has 45 heavy (non-hydrogen) atoms. The van der Waals surface area contributed by atoms with Gasteiger partial charge in [0.05, 0.1) is 23.3 Å². The van der Waals surface area contributed by atoms with Crippen molar-refractivity contribution in [1.82, 2.24) is 4.90 Å². The van der Waals surface area contributed by atoms with Gasteiger partial charge in [0.25, 0.3) is 22.7 Å². The first kappa shape index (κ1) is 36.0. The van der Waals surface area contributed by atoms with Gasteiger partial charge in [-0.1, -0.05) is 128 Å². The van der Waals surface area contributed by atoms with Crippen molar-refractivity contribution in [3.05, 3.63) is 65.2 Å². The van der Waals surface area contributed by atoms with Crippen LogP contribution in [0.1, 0.15) is 136 Å². The van der Waals surface area contributed by atoms with Crippen LogP contribution in [0.3, 0.4) is 0 Å². The average molecular weight is 639 g/mol. The number of fused-ring (bicyclic) bond motifs is 1. The molecule has 0 spiro atoms. The second kappa shape index (κ2) is 16.7. The van der Waals surface area contributed by atoms with Gasteiger partial charge in [0.1, 0.15) is 0 Å². The molecule has 9 heteroatoms. The van der Waals surface area contributed by atoms with Crippen LogP contribution in [0.5, 0.6) is 0 Å². The summed E-state index contributed by atoms with van der Waals surface area (Å²) in [5.74, 6) is -4.33. The highest BCUT2D eigenvalue weighted by molar-refractivity contribution is 6.51. The Morgan fingerprint density at radius 2 is 1.29 bits per heavy atom. The lowest BCUT2D eigenvalue weighted by Gasteiger charge is -2.36. The Labute approximate surface area is 272 Å². The molecule has 1 aliphatic rings. The van der Waals surface area contributed by atoms with E-state index in [-0.39, 0.29) is 23.3 Å². The van der Waals surface area contributed by atoms with Crippen molar-refractivity contribution in [2.24, 2.45) is 5.41 Å². The summed E-state index contributed by atoms with van der Waals surface area (Å²) in [5, 5.41) is 2.56. The number of esters is 1. The normalized spacial score (nSPS) is 14.2. The van der Waals surface area contributed by atoms with Gasteiger partial charge in [-0.2, -0.15) is 0 Å². The van der Waals surface area contributed by atoms with Crippen molar-refractivity contribution in [3.63, 3.8) is 0 Å². The Hall–Kier alpha value is -3.52. The molecule has 2 aromatic rings. The van der Waals surface area contributed by atoms with E-state index in [4.69, 9.17) is 16.3 Å². The fourth-order valence-corrected chi connectivity index (χ4v) is 5.86. The van der Waals surface area contributed by atoms with Gasteiger partial charge in [-0.25, -0.2) is 9.69 Å². The van der Waals surface area contributed by atoms with E-state index in [1.807, 2.05) is 0 Å². The van der Waals surface area contributed by atoms with Crippen molar-refractivity contribution in [2.45, 2.75) is 110 Å². The fraction of sp³-hybridized carbons (Fsp3) is 0.528. The minimum atomic E-state index is -2.67. The number of ether oxygens (including phenoxy) is 1. The number of Topliss-reactive ketones (excluding diaryl/α,β-unsaturated/α-hetero) is 1. The summed E-state index contributed by atoms with van der Waals surface area (Å²) in [4.78, 5) is 64.9. The molecule has 0 fully saturated rings. The number of nitrogens with zero attached hydrogens (tertiary/aromatic N) is 1. The monoisotopic (exact) mass is 638 g/mol. The molecule has 1 heterocycles. The van der Waals surface area contributed by atoms with E-state index in [0.717, 1.165) is 19.3 Å². The number of hydrogen-bond acceptors (Lipinski definition) is 6. The molecule has 0 aromatic heterocycles. The molecule has 244 valence electrons. The second-order valence-electron chi connectivity index (χ2n) is 12.8. The first-order valence-corrected chi connectivity index (χ1v) is 16.6. The molecule has 0 saturated heterocycles. The van der Waals surface area contributed by atoms with Crippen LogP contribution in [0.25, 0.3) is 0 Å². The Morgan fingerprint density at radius 3 is 1.84 bits per heavy atom. The number of unbranched alkanes of at least 4 members (excludes halogenated alkanes) is 11. The van der Waals surface area contributed by atoms with Crippen LogP contribution >= 0.6 is 11.6 Å². The Bertz CT molecular complexity index is 1350. The molecule has 3 amide bonds. The number of imide groups is 1. The van der Waals surface area contributed by atoms with Crippen LogP contribution in [-0.2, 0) is 14.3 Å². The minimum Gasteiger partial charge on any atom is -0.462 e. The molecule has 1 unspecified atom stereocenters. The van der Waals surface area contributed by atoms with E-state index in [1.165, 1.54) is 76.0 Å². The van der Waals surface area contributed by atoms with Crippen LogP contribution < -0.4 is 5.32 Å². The van der Waals surface area contributed by atoms with Crippen LogP contribution in [0.4, 0.5) is 5.69 Å². The van der Waals surface area contributed by atoms with E-state index >= 15 is 0 Å². The highest BCUT2D eigenvalue weighted by Crippen LogP contribution is 2.38. The molecule has 1 atom stereocenters. The zero-order valence-corrected chi connectivity index (χ0v) is 27.8. The number of carbonyl (C=O) groups is 5. The summed E-state index contributed by atoms with van der Waals surface area (Å²) in [6.45, 7) is 7.12. The van der Waals surface area contributed by atoms with E-state index in [0.29, 0.717) is 10.6 Å². The number of benzene rings is 2. The zero-order valence-electron chi connectivity index (χ0n) is 27.1. The highest BCUT2D eigenvalue weighted by atomic mass is 35.5. The molecule has 8 nitrogen and oxygen atoms in total. The molecular weight excluding hydrogens is 592 g/mol. The summed E-state index contributed by atoms with van der Waals surface area (Å²) < 4.78 is 5.43. The van der Waals surface area contributed by atoms with Crippen LogP contribution in [0, 0.1) is 5.41 Å². The lowest BCUT2D eigenvalue weighted by atomic mass is 9.85. The van der Waals surface area contributed by atoms with Crippen molar-refractivity contribution in [3.8, 4) is 0 Å². The lowest BCUT2D eigenvalue weighted by Crippen LogP contribution is -2.62. The maximum absolute atomic E-state index is 13.6. The average Bonchev–Trinajstić information content (AvgIpc) is 3.27. The molecule has 0 saturated carbocycles. The summed E-state index contributed by atoms with van der Waals surface area (Å²) in [5.41, 5.74) is -0.944. The number of para-hydroxylation sites is 1. The third-order valence-corrected chi connectivity index (χ3v) is 8.49. The third-order valence-electron chi connectivity index (χ3n) is 7.98. The highest BCUT2D eigenvalue weighted by Gasteiger charge is 2.60. The molecule has 1 aliphatic heterocycles. The van der Waals surface area contributed by atoms with Crippen LogP contribution in [-0.4, -0.2) is 46.0 Å². The van der Waals surface area contributed by atoms with Crippen molar-refractivity contribution in [2.75, 3.05) is 11.9 Å². The predicted octanol–water partition coefficient (Wildman–Crippen LogP) is 8.33. The Balaban J connectivity index is 1.59. The quantitative estimate of drug-likeness (QED) is 0.0439. The van der Waals surface area contributed by atoms with Gasteiger partial charge in [-0.3, -0.25) is 19.2 Å². The maximum Gasteiger partial charge on any atom is 0.338 e. The van der Waals surface area contributed by atoms with Crippen LogP contribution in [0.15, 0.2) is 48.5 Å². The predicted molar refractivity (Wildman–Crippen MR) is 176 cm³/mol. The van der Waals surface area contributed by atoms with Crippen LogP contribution in [0.2, 0.25) is 0 Å². The molecular formula is C36H47ClN2O6. The first-order valence-electron chi connectivity index (χ1n) is 16.2. The van der Waals surface area contributed by atoms with E-state index < -0.39 is 39.9 Å². The van der Waals surface area contributed by atoms with E-state index in [1.54, 1.807) is 51.1 Å². The van der Waals surface area contributed by atoms with Gasteiger partial charge < -0.3 is 10.1 Å². The topological polar surface area (TPSA) is 110 Å². The number of carbonyl (C=O) groups excluding carboxylic acids is 5. The van der Waals surface area contributed by atoms with E-state index in [9.17, 15) is 24.0 Å².